The van der Waals surface area contributed by atoms with Crippen molar-refractivity contribution in [3.8, 4) is 0 Å². The van der Waals surface area contributed by atoms with Gasteiger partial charge in [-0.25, -0.2) is 4.68 Å². The number of nitrogens with zero attached hydrogens (tertiary/aromatic N) is 2. The number of hydrogen-bond donors (Lipinski definition) is 0. The summed E-state index contributed by atoms with van der Waals surface area (Å²) < 4.78 is 1.51. The average Bonchev–Trinajstić information content (AvgIpc) is 2.75. The summed E-state index contributed by atoms with van der Waals surface area (Å²) in [5.41, 5.74) is 4.32. The second-order valence-corrected chi connectivity index (χ2v) is 4.90. The normalized spacial score (nSPS) is 10.7. The summed E-state index contributed by atoms with van der Waals surface area (Å²) in [4.78, 5) is 12.1. The van der Waals surface area contributed by atoms with E-state index in [-0.39, 0.29) is 5.91 Å². The van der Waals surface area contributed by atoms with Gasteiger partial charge in [0, 0.05) is 12.1 Å². The van der Waals surface area contributed by atoms with Crippen molar-refractivity contribution in [1.82, 2.24) is 9.78 Å². The van der Waals surface area contributed by atoms with Crippen LogP contribution in [0.3, 0.4) is 0 Å². The number of benzene rings is 1. The van der Waals surface area contributed by atoms with E-state index in [1.54, 1.807) is 0 Å². The number of aryl methyl sites for hydroxylation is 4. The highest BCUT2D eigenvalue weighted by Gasteiger charge is 2.09. The first kappa shape index (κ1) is 13.5. The minimum atomic E-state index is 0.0603. The molecular weight excluding hydrogens is 236 g/mol. The van der Waals surface area contributed by atoms with Gasteiger partial charge in [-0.3, -0.25) is 4.79 Å². The van der Waals surface area contributed by atoms with Crippen LogP contribution in [-0.4, -0.2) is 15.7 Å². The predicted octanol–water partition coefficient (Wildman–Crippen LogP) is 3.34. The monoisotopic (exact) mass is 256 g/mol. The largest absolute Gasteiger partial charge is 0.273 e. The minimum Gasteiger partial charge on any atom is -0.273 e. The van der Waals surface area contributed by atoms with Gasteiger partial charge >= 0.3 is 0 Å². The number of hydrogen-bond acceptors (Lipinski definition) is 2. The Morgan fingerprint density at radius 3 is 2.32 bits per heavy atom. The third-order valence-electron chi connectivity index (χ3n) is 3.30. The van der Waals surface area contributed by atoms with E-state index in [4.69, 9.17) is 0 Å². The molecule has 19 heavy (non-hydrogen) atoms. The van der Waals surface area contributed by atoms with Gasteiger partial charge in [0.1, 0.15) is 0 Å². The van der Waals surface area contributed by atoms with E-state index in [2.05, 4.69) is 36.3 Å². The second kappa shape index (κ2) is 5.83. The molecule has 0 saturated carbocycles. The van der Waals surface area contributed by atoms with Crippen LogP contribution in [0.2, 0.25) is 0 Å². The number of rotatable bonds is 4. The molecule has 0 aliphatic rings. The summed E-state index contributed by atoms with van der Waals surface area (Å²) in [5, 5.41) is 4.22. The molecule has 3 heteroatoms. The van der Waals surface area contributed by atoms with E-state index in [0.717, 1.165) is 24.2 Å². The van der Waals surface area contributed by atoms with E-state index in [1.807, 2.05) is 19.9 Å². The molecule has 0 saturated heterocycles. The van der Waals surface area contributed by atoms with Crippen LogP contribution < -0.4 is 0 Å². The molecule has 2 aromatic rings. The molecule has 0 aliphatic carbocycles. The van der Waals surface area contributed by atoms with Gasteiger partial charge in [0.15, 0.2) is 0 Å². The molecule has 0 fully saturated rings. The van der Waals surface area contributed by atoms with Gasteiger partial charge in [0.2, 0.25) is 5.91 Å². The second-order valence-electron chi connectivity index (χ2n) is 4.90. The van der Waals surface area contributed by atoms with E-state index in [0.29, 0.717) is 6.42 Å². The lowest BCUT2D eigenvalue weighted by atomic mass is 10.1. The lowest BCUT2D eigenvalue weighted by Crippen LogP contribution is -2.14. The van der Waals surface area contributed by atoms with Crippen molar-refractivity contribution < 1.29 is 4.79 Å². The maximum Gasteiger partial charge on any atom is 0.247 e. The van der Waals surface area contributed by atoms with Crippen molar-refractivity contribution in [3.63, 3.8) is 0 Å². The zero-order valence-electron chi connectivity index (χ0n) is 11.8. The molecule has 0 spiro atoms. The van der Waals surface area contributed by atoms with Gasteiger partial charge in [-0.15, -0.1) is 0 Å². The highest BCUT2D eigenvalue weighted by Crippen LogP contribution is 2.09. The summed E-state index contributed by atoms with van der Waals surface area (Å²) in [5.74, 6) is 0.0603. The van der Waals surface area contributed by atoms with E-state index in [1.165, 1.54) is 15.8 Å². The predicted molar refractivity (Wildman–Crippen MR) is 76.5 cm³/mol. The lowest BCUT2D eigenvalue weighted by molar-refractivity contribution is 0.0884. The van der Waals surface area contributed by atoms with Gasteiger partial charge in [0.25, 0.3) is 0 Å². The third kappa shape index (κ3) is 3.31. The molecule has 1 aromatic carbocycles. The van der Waals surface area contributed by atoms with Gasteiger partial charge in [-0.05, 0) is 43.9 Å². The van der Waals surface area contributed by atoms with Crippen molar-refractivity contribution in [3.05, 3.63) is 52.8 Å². The number of carbonyl (C=O) groups excluding carboxylic acids is 1. The Kier molecular flexibility index (Phi) is 4.15. The first-order valence-corrected chi connectivity index (χ1v) is 6.74. The van der Waals surface area contributed by atoms with Crippen LogP contribution in [0.1, 0.15) is 40.7 Å². The topological polar surface area (TPSA) is 34.9 Å². The molecule has 1 aromatic heterocycles. The highest BCUT2D eigenvalue weighted by molar-refractivity contribution is 5.78. The summed E-state index contributed by atoms with van der Waals surface area (Å²) in [6.07, 6.45) is 2.31. The lowest BCUT2D eigenvalue weighted by Gasteiger charge is -2.04. The molecule has 0 radical (unpaired) electrons. The fourth-order valence-corrected chi connectivity index (χ4v) is 2.18. The standard InChI is InChI=1S/C16H20N2O/c1-4-14-5-7-15(8-6-14)9-10-16(19)18-13(3)11-12(2)17-18/h5-8,11H,4,9-10H2,1-3H3. The Hall–Kier alpha value is -1.90. The Bertz CT molecular complexity index is 567. The Morgan fingerprint density at radius 1 is 1.16 bits per heavy atom. The molecule has 1 heterocycles. The van der Waals surface area contributed by atoms with Crippen molar-refractivity contribution in [2.45, 2.75) is 40.0 Å². The SMILES string of the molecule is CCc1ccc(CCC(=O)n2nc(C)cc2C)cc1. The van der Waals surface area contributed by atoms with Crippen molar-refractivity contribution in [2.24, 2.45) is 0 Å². The first-order valence-electron chi connectivity index (χ1n) is 6.74. The minimum absolute atomic E-state index is 0.0603. The molecular formula is C16H20N2O. The van der Waals surface area contributed by atoms with Gasteiger partial charge < -0.3 is 0 Å². The first-order chi connectivity index (χ1) is 9.10. The van der Waals surface area contributed by atoms with E-state index >= 15 is 0 Å². The summed E-state index contributed by atoms with van der Waals surface area (Å²) in [6.45, 7) is 5.95. The molecule has 0 aliphatic heterocycles. The summed E-state index contributed by atoms with van der Waals surface area (Å²) in [6, 6.07) is 10.4. The third-order valence-corrected chi connectivity index (χ3v) is 3.30. The van der Waals surface area contributed by atoms with Crippen LogP contribution in [0.4, 0.5) is 0 Å². The molecule has 0 bridgehead atoms. The Balaban J connectivity index is 1.98. The molecule has 0 amide bonds. The average molecular weight is 256 g/mol. The van der Waals surface area contributed by atoms with Crippen LogP contribution in [0.5, 0.6) is 0 Å². The fraction of sp³-hybridized carbons (Fsp3) is 0.375. The molecule has 0 atom stereocenters. The van der Waals surface area contributed by atoms with Crippen molar-refractivity contribution >= 4 is 5.91 Å². The molecule has 100 valence electrons. The van der Waals surface area contributed by atoms with Gasteiger partial charge in [-0.1, -0.05) is 31.2 Å². The zero-order chi connectivity index (χ0) is 13.8. The smallest absolute Gasteiger partial charge is 0.247 e. The van der Waals surface area contributed by atoms with Crippen LogP contribution in [0.25, 0.3) is 0 Å². The van der Waals surface area contributed by atoms with Crippen molar-refractivity contribution in [2.75, 3.05) is 0 Å². The quantitative estimate of drug-likeness (QED) is 0.841. The number of carbonyl (C=O) groups is 1. The fourth-order valence-electron chi connectivity index (χ4n) is 2.18. The molecule has 0 unspecified atom stereocenters. The van der Waals surface area contributed by atoms with Crippen molar-refractivity contribution in [1.29, 1.82) is 0 Å². The van der Waals surface area contributed by atoms with E-state index in [9.17, 15) is 4.79 Å². The maximum absolute atomic E-state index is 12.1. The number of aromatic nitrogens is 2. The van der Waals surface area contributed by atoms with Crippen LogP contribution >= 0.6 is 0 Å². The van der Waals surface area contributed by atoms with Crippen LogP contribution in [-0.2, 0) is 12.8 Å². The zero-order valence-corrected chi connectivity index (χ0v) is 11.8. The van der Waals surface area contributed by atoms with Crippen LogP contribution in [0.15, 0.2) is 30.3 Å². The molecule has 2 rings (SSSR count). The summed E-state index contributed by atoms with van der Waals surface area (Å²) >= 11 is 0. The van der Waals surface area contributed by atoms with E-state index < -0.39 is 0 Å². The molecule has 3 nitrogen and oxygen atoms in total. The highest BCUT2D eigenvalue weighted by atomic mass is 16.2. The Labute approximate surface area is 114 Å². The van der Waals surface area contributed by atoms with Crippen LogP contribution in [0, 0.1) is 13.8 Å². The Morgan fingerprint density at radius 2 is 1.79 bits per heavy atom. The summed E-state index contributed by atoms with van der Waals surface area (Å²) in [7, 11) is 0. The van der Waals surface area contributed by atoms with Gasteiger partial charge in [0.05, 0.1) is 5.69 Å². The molecule has 0 N–H and O–H groups in total. The maximum atomic E-state index is 12.1. The van der Waals surface area contributed by atoms with Gasteiger partial charge in [-0.2, -0.15) is 5.10 Å².